The third-order valence-electron chi connectivity index (χ3n) is 6.36. The number of benzene rings is 1. The molecule has 3 rings (SSSR count). The zero-order valence-corrected chi connectivity index (χ0v) is 20.1. The molecule has 2 heterocycles. The zero-order valence-electron chi connectivity index (χ0n) is 20.1. The molecule has 34 heavy (non-hydrogen) atoms. The van der Waals surface area contributed by atoms with Crippen molar-refractivity contribution < 1.29 is 28.6 Å². The lowest BCUT2D eigenvalue weighted by atomic mass is 9.93. The quantitative estimate of drug-likeness (QED) is 0.265. The second-order valence-electron chi connectivity index (χ2n) is 8.16. The monoisotopic (exact) mass is 471 g/mol. The Labute approximate surface area is 198 Å². The lowest BCUT2D eigenvalue weighted by Gasteiger charge is -2.28. The Hall–Kier alpha value is -3.46. The van der Waals surface area contributed by atoms with Crippen LogP contribution >= 0.6 is 0 Å². The molecule has 1 amide bonds. The van der Waals surface area contributed by atoms with Crippen molar-refractivity contribution in [2.24, 2.45) is 0 Å². The number of ketones is 1. The van der Waals surface area contributed by atoms with E-state index in [4.69, 9.17) is 4.74 Å². The van der Waals surface area contributed by atoms with E-state index in [1.165, 1.54) is 30.2 Å². The number of Topliss-reactive ketones (excluding diaryl/α,β-unsaturated/α-hetero) is 1. The summed E-state index contributed by atoms with van der Waals surface area (Å²) in [7, 11) is 1.23. The molecule has 1 aromatic carbocycles. The first-order chi connectivity index (χ1) is 16.2. The summed E-state index contributed by atoms with van der Waals surface area (Å²) in [4.78, 5) is 44.6. The Kier molecular flexibility index (Phi) is 7.56. The standard InChI is InChI=1S/C25H30FN3O5/c1-6-28(7-2)12-13-29-21(16-10-8-9-11-17(16)26)19(23(31)24(29)32)22(30)18-14(3)20(25(33)34-5)27-15(18)4/h8-11,21,27,30H,6-7,12-13H2,1-5H3/t21-/m1/s1. The number of aromatic amines is 1. The van der Waals surface area contributed by atoms with Crippen LogP contribution in [-0.2, 0) is 14.3 Å². The highest BCUT2D eigenvalue weighted by Gasteiger charge is 2.47. The van der Waals surface area contributed by atoms with Crippen LogP contribution in [0.1, 0.15) is 52.8 Å². The molecule has 9 heteroatoms. The van der Waals surface area contributed by atoms with Gasteiger partial charge in [-0.15, -0.1) is 0 Å². The number of carbonyl (C=O) groups is 3. The van der Waals surface area contributed by atoms with E-state index >= 15 is 0 Å². The molecule has 182 valence electrons. The number of nitrogens with one attached hydrogen (secondary N) is 1. The van der Waals surface area contributed by atoms with Gasteiger partial charge in [0.25, 0.3) is 11.7 Å². The SMILES string of the molecule is CCN(CC)CCN1C(=O)C(=O)C(=C(O)c2c(C)[nH]c(C(=O)OC)c2C)[C@H]1c1ccccc1F. The normalized spacial score (nSPS) is 17.6. The van der Waals surface area contributed by atoms with Gasteiger partial charge in [-0.2, -0.15) is 0 Å². The smallest absolute Gasteiger partial charge is 0.354 e. The fourth-order valence-electron chi connectivity index (χ4n) is 4.47. The van der Waals surface area contributed by atoms with Crippen LogP contribution in [0, 0.1) is 19.7 Å². The molecule has 0 saturated carbocycles. The minimum absolute atomic E-state index is 0.113. The minimum Gasteiger partial charge on any atom is -0.507 e. The molecule has 8 nitrogen and oxygen atoms in total. The number of aryl methyl sites for hydroxylation is 1. The molecule has 1 aliphatic heterocycles. The maximum Gasteiger partial charge on any atom is 0.354 e. The Morgan fingerprint density at radius 2 is 1.85 bits per heavy atom. The van der Waals surface area contributed by atoms with Crippen LogP contribution in [0.4, 0.5) is 4.39 Å². The number of hydrogen-bond acceptors (Lipinski definition) is 6. The van der Waals surface area contributed by atoms with Gasteiger partial charge in [0.2, 0.25) is 0 Å². The minimum atomic E-state index is -1.10. The number of hydrogen-bond donors (Lipinski definition) is 2. The van der Waals surface area contributed by atoms with E-state index < -0.39 is 35.3 Å². The number of likely N-dealkylation sites (N-methyl/N-ethyl adjacent to an activating group) is 1. The Morgan fingerprint density at radius 3 is 2.44 bits per heavy atom. The van der Waals surface area contributed by atoms with Gasteiger partial charge in [0, 0.05) is 29.9 Å². The summed E-state index contributed by atoms with van der Waals surface area (Å²) in [6.45, 7) is 9.37. The summed E-state index contributed by atoms with van der Waals surface area (Å²) >= 11 is 0. The molecular weight excluding hydrogens is 441 g/mol. The molecule has 2 aromatic rings. The topological polar surface area (TPSA) is 103 Å². The number of esters is 1. The number of aromatic nitrogens is 1. The summed E-state index contributed by atoms with van der Waals surface area (Å²) < 4.78 is 19.7. The van der Waals surface area contributed by atoms with Crippen LogP contribution < -0.4 is 0 Å². The first kappa shape index (κ1) is 25.2. The molecule has 1 aliphatic rings. The molecule has 0 radical (unpaired) electrons. The van der Waals surface area contributed by atoms with Crippen molar-refractivity contribution >= 4 is 23.4 Å². The third kappa shape index (κ3) is 4.35. The van der Waals surface area contributed by atoms with Gasteiger partial charge in [0.05, 0.1) is 18.7 Å². The van der Waals surface area contributed by atoms with E-state index in [2.05, 4.69) is 9.88 Å². The fourth-order valence-corrected chi connectivity index (χ4v) is 4.47. The number of ether oxygens (including phenoxy) is 1. The molecular formula is C25H30FN3O5. The van der Waals surface area contributed by atoms with Crippen LogP contribution in [0.5, 0.6) is 0 Å². The van der Waals surface area contributed by atoms with Crippen LogP contribution in [0.25, 0.3) is 5.76 Å². The number of likely N-dealkylation sites (tertiary alicyclic amines) is 1. The van der Waals surface area contributed by atoms with E-state index in [1.807, 2.05) is 13.8 Å². The van der Waals surface area contributed by atoms with Crippen molar-refractivity contribution in [3.05, 3.63) is 63.7 Å². The number of nitrogens with zero attached hydrogens (tertiary/aromatic N) is 2. The number of H-pyrrole nitrogens is 1. The van der Waals surface area contributed by atoms with Gasteiger partial charge in [-0.25, -0.2) is 9.18 Å². The first-order valence-electron chi connectivity index (χ1n) is 11.2. The van der Waals surface area contributed by atoms with E-state index in [0.717, 1.165) is 13.1 Å². The number of aliphatic hydroxyl groups excluding tert-OH is 1. The molecule has 1 saturated heterocycles. The van der Waals surface area contributed by atoms with Gasteiger partial charge >= 0.3 is 5.97 Å². The molecule has 1 fully saturated rings. The van der Waals surface area contributed by atoms with Gasteiger partial charge in [0.15, 0.2) is 0 Å². The molecule has 0 aliphatic carbocycles. The van der Waals surface area contributed by atoms with Crippen LogP contribution in [0.2, 0.25) is 0 Å². The fraction of sp³-hybridized carbons (Fsp3) is 0.400. The molecule has 0 bridgehead atoms. The van der Waals surface area contributed by atoms with Crippen molar-refractivity contribution in [2.45, 2.75) is 33.7 Å². The van der Waals surface area contributed by atoms with Crippen LogP contribution in [0.3, 0.4) is 0 Å². The van der Waals surface area contributed by atoms with Gasteiger partial charge < -0.3 is 24.6 Å². The Morgan fingerprint density at radius 1 is 1.21 bits per heavy atom. The van der Waals surface area contributed by atoms with E-state index in [1.54, 1.807) is 19.9 Å². The second kappa shape index (κ2) is 10.2. The van der Waals surface area contributed by atoms with E-state index in [9.17, 15) is 23.9 Å². The van der Waals surface area contributed by atoms with Crippen LogP contribution in [-0.4, -0.2) is 70.8 Å². The lowest BCUT2D eigenvalue weighted by molar-refractivity contribution is -0.140. The number of aliphatic hydroxyl groups is 1. The van der Waals surface area contributed by atoms with Crippen molar-refractivity contribution in [2.75, 3.05) is 33.3 Å². The summed E-state index contributed by atoms with van der Waals surface area (Å²) in [6.07, 6.45) is 0. The maximum atomic E-state index is 14.9. The van der Waals surface area contributed by atoms with Gasteiger partial charge in [0.1, 0.15) is 17.3 Å². The van der Waals surface area contributed by atoms with Crippen molar-refractivity contribution in [1.29, 1.82) is 0 Å². The number of amides is 1. The predicted molar refractivity (Wildman–Crippen MR) is 125 cm³/mol. The van der Waals surface area contributed by atoms with E-state index in [-0.39, 0.29) is 28.9 Å². The highest BCUT2D eigenvalue weighted by Crippen LogP contribution is 2.41. The summed E-state index contributed by atoms with van der Waals surface area (Å²) in [5.74, 6) is -3.39. The highest BCUT2D eigenvalue weighted by molar-refractivity contribution is 6.46. The Balaban J connectivity index is 2.20. The number of methoxy groups -OCH3 is 1. The van der Waals surface area contributed by atoms with Gasteiger partial charge in [-0.1, -0.05) is 32.0 Å². The summed E-state index contributed by atoms with van der Waals surface area (Å²) in [6, 6.07) is 4.78. The molecule has 2 N–H and O–H groups in total. The molecule has 0 unspecified atom stereocenters. The number of carbonyl (C=O) groups excluding carboxylic acids is 3. The first-order valence-corrected chi connectivity index (χ1v) is 11.2. The Bertz CT molecular complexity index is 1150. The van der Waals surface area contributed by atoms with Crippen molar-refractivity contribution in [1.82, 2.24) is 14.8 Å². The van der Waals surface area contributed by atoms with Gasteiger partial charge in [-0.3, -0.25) is 9.59 Å². The third-order valence-corrected chi connectivity index (χ3v) is 6.36. The van der Waals surface area contributed by atoms with Crippen molar-refractivity contribution in [3.63, 3.8) is 0 Å². The number of rotatable bonds is 8. The molecule has 0 spiro atoms. The average molecular weight is 472 g/mol. The predicted octanol–water partition coefficient (Wildman–Crippen LogP) is 3.32. The summed E-state index contributed by atoms with van der Waals surface area (Å²) in [5.41, 5.74) is 1.02. The maximum absolute atomic E-state index is 14.9. The molecule has 1 aromatic heterocycles. The van der Waals surface area contributed by atoms with Crippen molar-refractivity contribution in [3.8, 4) is 0 Å². The highest BCUT2D eigenvalue weighted by atomic mass is 19.1. The number of halogens is 1. The summed E-state index contributed by atoms with van der Waals surface area (Å²) in [5, 5.41) is 11.3. The largest absolute Gasteiger partial charge is 0.507 e. The van der Waals surface area contributed by atoms with Gasteiger partial charge in [-0.05, 0) is 38.6 Å². The second-order valence-corrected chi connectivity index (χ2v) is 8.16. The average Bonchev–Trinajstić information content (AvgIpc) is 3.26. The van der Waals surface area contributed by atoms with E-state index in [0.29, 0.717) is 17.8 Å². The van der Waals surface area contributed by atoms with Crippen LogP contribution in [0.15, 0.2) is 29.8 Å². The molecule has 1 atom stereocenters. The zero-order chi connectivity index (χ0) is 25.2. The lowest BCUT2D eigenvalue weighted by Crippen LogP contribution is -2.38.